The maximum absolute atomic E-state index is 12.7. The molecule has 28 heavy (non-hydrogen) atoms. The van der Waals surface area contributed by atoms with Crippen LogP contribution in [0, 0.1) is 6.92 Å². The highest BCUT2D eigenvalue weighted by atomic mass is 79.9. The highest BCUT2D eigenvalue weighted by Gasteiger charge is 2.29. The van der Waals surface area contributed by atoms with Gasteiger partial charge in [0.15, 0.2) is 0 Å². The number of hydrogen-bond donors (Lipinski definition) is 0. The lowest BCUT2D eigenvalue weighted by molar-refractivity contribution is -0.129. The van der Waals surface area contributed by atoms with Crippen LogP contribution in [0.3, 0.4) is 0 Å². The van der Waals surface area contributed by atoms with Crippen molar-refractivity contribution < 1.29 is 13.2 Å². The van der Waals surface area contributed by atoms with E-state index in [1.807, 2.05) is 31.2 Å². The molecule has 0 spiro atoms. The number of nitrogens with zero attached hydrogens (tertiary/aromatic N) is 2. The van der Waals surface area contributed by atoms with Crippen molar-refractivity contribution in [1.82, 2.24) is 9.21 Å². The second kappa shape index (κ2) is 9.43. The van der Waals surface area contributed by atoms with E-state index in [1.54, 1.807) is 40.9 Å². The van der Waals surface area contributed by atoms with Gasteiger partial charge in [0.05, 0.1) is 10.6 Å². The van der Waals surface area contributed by atoms with Gasteiger partial charge >= 0.3 is 0 Å². The molecule has 0 N–H and O–H groups in total. The summed E-state index contributed by atoms with van der Waals surface area (Å²) in [5.74, 6) is 1.25. The van der Waals surface area contributed by atoms with E-state index in [4.69, 9.17) is 0 Å². The maximum Gasteiger partial charge on any atom is 0.243 e. The van der Waals surface area contributed by atoms with Gasteiger partial charge in [-0.2, -0.15) is 4.31 Å². The van der Waals surface area contributed by atoms with E-state index in [2.05, 4.69) is 15.9 Å². The Morgan fingerprint density at radius 1 is 1.00 bits per heavy atom. The number of thioether (sulfide) groups is 1. The van der Waals surface area contributed by atoms with Gasteiger partial charge < -0.3 is 4.90 Å². The van der Waals surface area contributed by atoms with E-state index < -0.39 is 10.0 Å². The van der Waals surface area contributed by atoms with Gasteiger partial charge in [0, 0.05) is 36.4 Å². The van der Waals surface area contributed by atoms with Crippen LogP contribution in [0.4, 0.5) is 0 Å². The molecule has 1 aliphatic heterocycles. The number of sulfonamides is 1. The Morgan fingerprint density at radius 2 is 1.61 bits per heavy atom. The van der Waals surface area contributed by atoms with Crippen LogP contribution in [0.1, 0.15) is 11.1 Å². The van der Waals surface area contributed by atoms with Crippen molar-refractivity contribution in [3.63, 3.8) is 0 Å². The molecule has 8 heteroatoms. The van der Waals surface area contributed by atoms with Gasteiger partial charge in [0.1, 0.15) is 0 Å². The third kappa shape index (κ3) is 5.37. The van der Waals surface area contributed by atoms with Crippen molar-refractivity contribution in [2.75, 3.05) is 31.9 Å². The van der Waals surface area contributed by atoms with Crippen LogP contribution in [0.5, 0.6) is 0 Å². The zero-order chi connectivity index (χ0) is 20.1. The molecule has 0 aliphatic carbocycles. The molecule has 1 heterocycles. The summed E-state index contributed by atoms with van der Waals surface area (Å²) in [7, 11) is -3.50. The fourth-order valence-electron chi connectivity index (χ4n) is 2.97. The summed E-state index contributed by atoms with van der Waals surface area (Å²) in [5, 5.41) is 0. The van der Waals surface area contributed by atoms with Gasteiger partial charge in [0.2, 0.25) is 15.9 Å². The van der Waals surface area contributed by atoms with E-state index in [0.717, 1.165) is 15.8 Å². The minimum atomic E-state index is -3.50. The summed E-state index contributed by atoms with van der Waals surface area (Å²) in [5.41, 5.74) is 2.20. The first-order chi connectivity index (χ1) is 13.4. The minimum absolute atomic E-state index is 0.0643. The first-order valence-electron chi connectivity index (χ1n) is 9.03. The maximum atomic E-state index is 12.7. The van der Waals surface area contributed by atoms with Crippen molar-refractivity contribution in [3.8, 4) is 0 Å². The molecular formula is C20H23BrN2O3S2. The average Bonchev–Trinajstić information content (AvgIpc) is 2.70. The Balaban J connectivity index is 1.48. The summed E-state index contributed by atoms with van der Waals surface area (Å²) >= 11 is 4.99. The van der Waals surface area contributed by atoms with Crippen LogP contribution in [0.2, 0.25) is 0 Å². The molecule has 3 rings (SSSR count). The number of hydrogen-bond acceptors (Lipinski definition) is 4. The molecule has 0 atom stereocenters. The Hall–Kier alpha value is -1.35. The molecule has 2 aromatic carbocycles. The first kappa shape index (κ1) is 21.4. The Labute approximate surface area is 179 Å². The van der Waals surface area contributed by atoms with Gasteiger partial charge in [0.25, 0.3) is 0 Å². The van der Waals surface area contributed by atoms with Gasteiger partial charge in [-0.15, -0.1) is 11.8 Å². The molecule has 1 amide bonds. The number of carbonyl (C=O) groups excluding carboxylic acids is 1. The van der Waals surface area contributed by atoms with Crippen molar-refractivity contribution >= 4 is 43.6 Å². The Bertz CT molecular complexity index is 907. The van der Waals surface area contributed by atoms with E-state index in [0.29, 0.717) is 36.8 Å². The molecule has 150 valence electrons. The molecule has 5 nitrogen and oxygen atoms in total. The predicted molar refractivity (Wildman–Crippen MR) is 117 cm³/mol. The molecule has 0 aromatic heterocycles. The van der Waals surface area contributed by atoms with E-state index in [-0.39, 0.29) is 5.91 Å². The lowest BCUT2D eigenvalue weighted by atomic mass is 10.2. The van der Waals surface area contributed by atoms with Crippen LogP contribution < -0.4 is 0 Å². The lowest BCUT2D eigenvalue weighted by Gasteiger charge is -2.34. The Kier molecular flexibility index (Phi) is 7.20. The zero-order valence-corrected chi connectivity index (χ0v) is 18.9. The van der Waals surface area contributed by atoms with Gasteiger partial charge in [-0.05, 0) is 36.8 Å². The fraction of sp³-hybridized carbons (Fsp3) is 0.350. The lowest BCUT2D eigenvalue weighted by Crippen LogP contribution is -2.50. The van der Waals surface area contributed by atoms with Gasteiger partial charge in [-0.25, -0.2) is 8.42 Å². The standard InChI is InChI=1S/C20H23BrN2O3S2/c1-16-2-8-19(9-3-16)28(25,26)23-12-10-22(11-13-23)20(24)15-27-14-17-4-6-18(21)7-5-17/h2-9H,10-15H2,1H3. The number of aryl methyl sites for hydroxylation is 1. The molecule has 0 bridgehead atoms. The molecule has 1 aliphatic rings. The number of rotatable bonds is 6. The number of halogens is 1. The summed E-state index contributed by atoms with van der Waals surface area (Å²) < 4.78 is 28.0. The summed E-state index contributed by atoms with van der Waals surface area (Å²) in [6.07, 6.45) is 0. The molecule has 0 unspecified atom stereocenters. The molecule has 2 aromatic rings. The highest BCUT2D eigenvalue weighted by molar-refractivity contribution is 9.10. The van der Waals surface area contributed by atoms with Crippen LogP contribution in [-0.4, -0.2) is 55.5 Å². The van der Waals surface area contributed by atoms with Crippen molar-refractivity contribution in [2.24, 2.45) is 0 Å². The number of carbonyl (C=O) groups is 1. The normalized spacial score (nSPS) is 15.6. The average molecular weight is 483 g/mol. The molecule has 1 fully saturated rings. The second-order valence-electron chi connectivity index (χ2n) is 6.72. The second-order valence-corrected chi connectivity index (χ2v) is 10.6. The van der Waals surface area contributed by atoms with Crippen molar-refractivity contribution in [3.05, 3.63) is 64.1 Å². The SMILES string of the molecule is Cc1ccc(S(=O)(=O)N2CCN(C(=O)CSCc3ccc(Br)cc3)CC2)cc1. The molecule has 0 radical (unpaired) electrons. The number of benzene rings is 2. The third-order valence-electron chi connectivity index (χ3n) is 4.66. The topological polar surface area (TPSA) is 57.7 Å². The van der Waals surface area contributed by atoms with E-state index in [1.165, 1.54) is 9.87 Å². The highest BCUT2D eigenvalue weighted by Crippen LogP contribution is 2.20. The van der Waals surface area contributed by atoms with Crippen LogP contribution in [0.15, 0.2) is 57.9 Å². The van der Waals surface area contributed by atoms with E-state index in [9.17, 15) is 13.2 Å². The van der Waals surface area contributed by atoms with Crippen LogP contribution >= 0.6 is 27.7 Å². The minimum Gasteiger partial charge on any atom is -0.339 e. The fourth-order valence-corrected chi connectivity index (χ4v) is 5.54. The van der Waals surface area contributed by atoms with Gasteiger partial charge in [-0.3, -0.25) is 4.79 Å². The van der Waals surface area contributed by atoms with Crippen LogP contribution in [-0.2, 0) is 20.6 Å². The monoisotopic (exact) mass is 482 g/mol. The zero-order valence-electron chi connectivity index (χ0n) is 15.7. The van der Waals surface area contributed by atoms with Crippen molar-refractivity contribution in [1.29, 1.82) is 0 Å². The molecule has 1 saturated heterocycles. The third-order valence-corrected chi connectivity index (χ3v) is 8.09. The summed E-state index contributed by atoms with van der Waals surface area (Å²) in [6, 6.07) is 14.9. The smallest absolute Gasteiger partial charge is 0.243 e. The quantitative estimate of drug-likeness (QED) is 0.631. The summed E-state index contributed by atoms with van der Waals surface area (Å²) in [6.45, 7) is 3.46. The van der Waals surface area contributed by atoms with Gasteiger partial charge in [-0.1, -0.05) is 45.8 Å². The Morgan fingerprint density at radius 3 is 2.21 bits per heavy atom. The largest absolute Gasteiger partial charge is 0.339 e. The number of piperazine rings is 1. The summed E-state index contributed by atoms with van der Waals surface area (Å²) in [4.78, 5) is 14.5. The molecular weight excluding hydrogens is 460 g/mol. The van der Waals surface area contributed by atoms with Crippen LogP contribution in [0.25, 0.3) is 0 Å². The number of amides is 1. The van der Waals surface area contributed by atoms with Crippen molar-refractivity contribution in [2.45, 2.75) is 17.6 Å². The molecule has 0 saturated carbocycles. The van der Waals surface area contributed by atoms with E-state index >= 15 is 0 Å². The first-order valence-corrected chi connectivity index (χ1v) is 12.4. The predicted octanol–water partition coefficient (Wildman–Crippen LogP) is 3.52.